The van der Waals surface area contributed by atoms with Gasteiger partial charge in [-0.3, -0.25) is 0 Å². The van der Waals surface area contributed by atoms with E-state index in [2.05, 4.69) is 11.3 Å². The Morgan fingerprint density at radius 1 is 1.53 bits per heavy atom. The van der Waals surface area contributed by atoms with Crippen LogP contribution in [-0.4, -0.2) is 24.8 Å². The smallest absolute Gasteiger partial charge is 0.337 e. The zero-order valence-electron chi connectivity index (χ0n) is 9.97. The van der Waals surface area contributed by atoms with Crippen LogP contribution in [0.5, 0.6) is 5.75 Å². The molecule has 0 spiro atoms. The van der Waals surface area contributed by atoms with Crippen LogP contribution in [0.2, 0.25) is 0 Å². The molecule has 0 fully saturated rings. The van der Waals surface area contributed by atoms with Crippen LogP contribution in [0.15, 0.2) is 30.9 Å². The number of carbonyl (C=O) groups is 1. The SMILES string of the molecule is C=CCOc1cc(C(=O)OC)cc(C(C)O)c1. The van der Waals surface area contributed by atoms with E-state index in [1.165, 1.54) is 7.11 Å². The molecule has 4 nitrogen and oxygen atoms in total. The number of aliphatic hydroxyl groups excluding tert-OH is 1. The number of rotatable bonds is 5. The van der Waals surface area contributed by atoms with Gasteiger partial charge in [-0.1, -0.05) is 12.7 Å². The number of aliphatic hydroxyl groups is 1. The first-order valence-electron chi connectivity index (χ1n) is 5.23. The molecule has 4 heteroatoms. The van der Waals surface area contributed by atoms with Gasteiger partial charge in [0, 0.05) is 0 Å². The van der Waals surface area contributed by atoms with Gasteiger partial charge in [0.1, 0.15) is 12.4 Å². The zero-order valence-corrected chi connectivity index (χ0v) is 9.97. The predicted octanol–water partition coefficient (Wildman–Crippen LogP) is 2.09. The maximum Gasteiger partial charge on any atom is 0.337 e. The molecule has 0 amide bonds. The molecule has 0 heterocycles. The lowest BCUT2D eigenvalue weighted by Gasteiger charge is -2.11. The molecule has 0 aliphatic carbocycles. The summed E-state index contributed by atoms with van der Waals surface area (Å²) in [7, 11) is 1.31. The first-order valence-corrected chi connectivity index (χ1v) is 5.23. The quantitative estimate of drug-likeness (QED) is 0.628. The number of benzene rings is 1. The van der Waals surface area contributed by atoms with Crippen molar-refractivity contribution < 1.29 is 19.4 Å². The van der Waals surface area contributed by atoms with E-state index in [0.29, 0.717) is 23.5 Å². The Balaban J connectivity index is 3.09. The van der Waals surface area contributed by atoms with Crippen molar-refractivity contribution in [2.45, 2.75) is 13.0 Å². The molecule has 0 saturated carbocycles. The normalized spacial score (nSPS) is 11.7. The van der Waals surface area contributed by atoms with Crippen LogP contribution in [0.3, 0.4) is 0 Å². The molecule has 0 aliphatic rings. The second kappa shape index (κ2) is 6.06. The van der Waals surface area contributed by atoms with Gasteiger partial charge in [0.2, 0.25) is 0 Å². The minimum Gasteiger partial charge on any atom is -0.490 e. The van der Waals surface area contributed by atoms with Gasteiger partial charge in [0.15, 0.2) is 0 Å². The molecule has 1 N–H and O–H groups in total. The fourth-order valence-corrected chi connectivity index (χ4v) is 1.34. The van der Waals surface area contributed by atoms with Gasteiger partial charge in [0.25, 0.3) is 0 Å². The van der Waals surface area contributed by atoms with E-state index in [1.807, 2.05) is 0 Å². The number of hydrogen-bond acceptors (Lipinski definition) is 4. The number of methoxy groups -OCH3 is 1. The highest BCUT2D eigenvalue weighted by atomic mass is 16.5. The maximum atomic E-state index is 11.4. The number of hydrogen-bond donors (Lipinski definition) is 1. The molecule has 92 valence electrons. The Hall–Kier alpha value is -1.81. The summed E-state index contributed by atoms with van der Waals surface area (Å²) < 4.78 is 9.98. The summed E-state index contributed by atoms with van der Waals surface area (Å²) >= 11 is 0. The van der Waals surface area contributed by atoms with Gasteiger partial charge in [-0.05, 0) is 30.7 Å². The summed E-state index contributed by atoms with van der Waals surface area (Å²) in [6.45, 7) is 5.50. The minimum absolute atomic E-state index is 0.337. The van der Waals surface area contributed by atoms with Crippen molar-refractivity contribution in [2.24, 2.45) is 0 Å². The highest BCUT2D eigenvalue weighted by molar-refractivity contribution is 5.90. The van der Waals surface area contributed by atoms with Crippen LogP contribution in [-0.2, 0) is 4.74 Å². The number of esters is 1. The van der Waals surface area contributed by atoms with E-state index >= 15 is 0 Å². The highest BCUT2D eigenvalue weighted by Gasteiger charge is 2.11. The van der Waals surface area contributed by atoms with Gasteiger partial charge in [-0.2, -0.15) is 0 Å². The summed E-state index contributed by atoms with van der Waals surface area (Å²) in [4.78, 5) is 11.4. The Bertz CT molecular complexity index is 410. The summed E-state index contributed by atoms with van der Waals surface area (Å²) in [6, 6.07) is 4.83. The fourth-order valence-electron chi connectivity index (χ4n) is 1.34. The van der Waals surface area contributed by atoms with E-state index < -0.39 is 12.1 Å². The molecule has 0 aliphatic heterocycles. The first-order chi connectivity index (χ1) is 8.08. The molecule has 0 bridgehead atoms. The molecular formula is C13H16O4. The molecule has 1 atom stereocenters. The lowest BCUT2D eigenvalue weighted by atomic mass is 10.1. The zero-order chi connectivity index (χ0) is 12.8. The molecule has 1 unspecified atom stereocenters. The molecule has 0 aromatic heterocycles. The predicted molar refractivity (Wildman–Crippen MR) is 64.1 cm³/mol. The van der Waals surface area contributed by atoms with E-state index in [-0.39, 0.29) is 0 Å². The van der Waals surface area contributed by atoms with Crippen molar-refractivity contribution in [1.82, 2.24) is 0 Å². The van der Waals surface area contributed by atoms with Crippen LogP contribution in [0.4, 0.5) is 0 Å². The minimum atomic E-state index is -0.675. The average molecular weight is 236 g/mol. The molecule has 1 aromatic rings. The maximum absolute atomic E-state index is 11.4. The molecule has 0 radical (unpaired) electrons. The van der Waals surface area contributed by atoms with Crippen LogP contribution < -0.4 is 4.74 Å². The third-order valence-corrected chi connectivity index (χ3v) is 2.20. The first kappa shape index (κ1) is 13.3. The second-order valence-corrected chi connectivity index (χ2v) is 3.56. The van der Waals surface area contributed by atoms with E-state index in [1.54, 1.807) is 31.2 Å². The van der Waals surface area contributed by atoms with Crippen molar-refractivity contribution in [3.05, 3.63) is 42.0 Å². The van der Waals surface area contributed by atoms with Gasteiger partial charge in [0.05, 0.1) is 18.8 Å². The van der Waals surface area contributed by atoms with Crippen LogP contribution in [0.1, 0.15) is 28.9 Å². The Morgan fingerprint density at radius 3 is 2.76 bits per heavy atom. The number of carbonyl (C=O) groups excluding carboxylic acids is 1. The van der Waals surface area contributed by atoms with Crippen molar-refractivity contribution >= 4 is 5.97 Å². The largest absolute Gasteiger partial charge is 0.490 e. The highest BCUT2D eigenvalue weighted by Crippen LogP contribution is 2.22. The number of ether oxygens (including phenoxy) is 2. The van der Waals surface area contributed by atoms with Crippen molar-refractivity contribution in [3.8, 4) is 5.75 Å². The molecule has 1 aromatic carbocycles. The molecule has 1 rings (SSSR count). The van der Waals surface area contributed by atoms with Gasteiger partial charge in [-0.15, -0.1) is 0 Å². The standard InChI is InChI=1S/C13H16O4/c1-4-5-17-12-7-10(9(2)14)6-11(8-12)13(15)16-3/h4,6-9,14H,1,5H2,2-3H3. The van der Waals surface area contributed by atoms with E-state index in [0.717, 1.165) is 0 Å². The molecular weight excluding hydrogens is 220 g/mol. The van der Waals surface area contributed by atoms with Crippen LogP contribution in [0, 0.1) is 0 Å². The summed E-state index contributed by atoms with van der Waals surface area (Å²) in [5.41, 5.74) is 0.955. The fraction of sp³-hybridized carbons (Fsp3) is 0.308. The lowest BCUT2D eigenvalue weighted by Crippen LogP contribution is -2.05. The Labute approximate surface area is 100 Å². The van der Waals surface area contributed by atoms with Gasteiger partial charge in [-0.25, -0.2) is 4.79 Å². The summed E-state index contributed by atoms with van der Waals surface area (Å²) in [6.07, 6.45) is 0.929. The van der Waals surface area contributed by atoms with Crippen molar-refractivity contribution in [2.75, 3.05) is 13.7 Å². The summed E-state index contributed by atoms with van der Waals surface area (Å²) in [5.74, 6) is 0.0413. The van der Waals surface area contributed by atoms with Gasteiger partial charge < -0.3 is 14.6 Å². The Morgan fingerprint density at radius 2 is 2.24 bits per heavy atom. The third kappa shape index (κ3) is 3.60. The van der Waals surface area contributed by atoms with Crippen LogP contribution in [0.25, 0.3) is 0 Å². The average Bonchev–Trinajstić information content (AvgIpc) is 2.34. The van der Waals surface area contributed by atoms with E-state index in [9.17, 15) is 9.90 Å². The van der Waals surface area contributed by atoms with Gasteiger partial charge >= 0.3 is 5.97 Å². The van der Waals surface area contributed by atoms with E-state index in [4.69, 9.17) is 4.74 Å². The molecule has 0 saturated heterocycles. The van der Waals surface area contributed by atoms with Crippen molar-refractivity contribution in [1.29, 1.82) is 0 Å². The monoisotopic (exact) mass is 236 g/mol. The topological polar surface area (TPSA) is 55.8 Å². The van der Waals surface area contributed by atoms with Crippen LogP contribution >= 0.6 is 0 Å². The molecule has 17 heavy (non-hydrogen) atoms. The second-order valence-electron chi connectivity index (χ2n) is 3.56. The summed E-state index contributed by atoms with van der Waals surface area (Å²) in [5, 5.41) is 9.52. The van der Waals surface area contributed by atoms with Crippen molar-refractivity contribution in [3.63, 3.8) is 0 Å². The third-order valence-electron chi connectivity index (χ3n) is 2.20. The lowest BCUT2D eigenvalue weighted by molar-refractivity contribution is 0.0600. The Kier molecular flexibility index (Phi) is 4.72.